The maximum Gasteiger partial charge on any atom is 0.251 e. The summed E-state index contributed by atoms with van der Waals surface area (Å²) in [5.74, 6) is -0.267. The van der Waals surface area contributed by atoms with Crippen LogP contribution in [-0.4, -0.2) is 35.0 Å². The Hall–Kier alpha value is -3.68. The second kappa shape index (κ2) is 9.01. The van der Waals surface area contributed by atoms with Gasteiger partial charge in [0.1, 0.15) is 23.4 Å². The van der Waals surface area contributed by atoms with Crippen molar-refractivity contribution in [1.29, 1.82) is 0 Å². The van der Waals surface area contributed by atoms with E-state index in [2.05, 4.69) is 15.6 Å². The van der Waals surface area contributed by atoms with Crippen molar-refractivity contribution >= 4 is 11.8 Å². The summed E-state index contributed by atoms with van der Waals surface area (Å²) in [7, 11) is 3.37. The third-order valence-corrected chi connectivity index (χ3v) is 4.37. The number of aromatic nitrogens is 2. The maximum absolute atomic E-state index is 13.3. The fourth-order valence-corrected chi connectivity index (χ4v) is 2.95. The Bertz CT molecular complexity index is 1020. The Morgan fingerprint density at radius 2 is 2.00 bits per heavy atom. The Labute approximate surface area is 167 Å². The minimum atomic E-state index is -0.579. The van der Waals surface area contributed by atoms with Crippen LogP contribution in [0.4, 0.5) is 4.39 Å². The molecule has 2 amide bonds. The lowest BCUT2D eigenvalue weighted by atomic mass is 10.0. The van der Waals surface area contributed by atoms with Gasteiger partial charge in [-0.2, -0.15) is 0 Å². The van der Waals surface area contributed by atoms with Crippen LogP contribution < -0.4 is 15.4 Å². The summed E-state index contributed by atoms with van der Waals surface area (Å²) < 4.78 is 20.5. The zero-order valence-electron chi connectivity index (χ0n) is 16.1. The number of nitrogens with one attached hydrogen (secondary N) is 2. The molecule has 150 valence electrons. The van der Waals surface area contributed by atoms with Crippen molar-refractivity contribution in [3.63, 3.8) is 0 Å². The molecule has 3 aromatic rings. The first-order valence-electron chi connectivity index (χ1n) is 8.93. The van der Waals surface area contributed by atoms with Crippen molar-refractivity contribution < 1.29 is 18.7 Å². The summed E-state index contributed by atoms with van der Waals surface area (Å²) in [5.41, 5.74) is 0.872. The van der Waals surface area contributed by atoms with Gasteiger partial charge in [0.05, 0.1) is 13.7 Å². The summed E-state index contributed by atoms with van der Waals surface area (Å²) in [6.45, 7) is -0.272. The normalized spacial score (nSPS) is 11.6. The minimum absolute atomic E-state index is 0.142. The van der Waals surface area contributed by atoms with E-state index in [9.17, 15) is 14.0 Å². The van der Waals surface area contributed by atoms with Gasteiger partial charge in [0.2, 0.25) is 5.91 Å². The number of ether oxygens (including phenoxy) is 1. The lowest BCUT2D eigenvalue weighted by Gasteiger charge is -2.21. The van der Waals surface area contributed by atoms with E-state index < -0.39 is 23.7 Å². The van der Waals surface area contributed by atoms with E-state index in [-0.39, 0.29) is 12.1 Å². The average molecular weight is 396 g/mol. The van der Waals surface area contributed by atoms with Gasteiger partial charge in [-0.25, -0.2) is 9.37 Å². The second-order valence-electron chi connectivity index (χ2n) is 6.33. The molecule has 0 fully saturated rings. The molecule has 8 heteroatoms. The molecule has 2 N–H and O–H groups in total. The highest BCUT2D eigenvalue weighted by Crippen LogP contribution is 2.28. The lowest BCUT2D eigenvalue weighted by molar-refractivity contribution is -0.120. The molecule has 7 nitrogen and oxygen atoms in total. The Morgan fingerprint density at radius 1 is 1.21 bits per heavy atom. The Balaban J connectivity index is 1.75. The number of benzene rings is 2. The summed E-state index contributed by atoms with van der Waals surface area (Å²) in [4.78, 5) is 29.0. The Kier molecular flexibility index (Phi) is 6.23. The average Bonchev–Trinajstić information content (AvgIpc) is 3.15. The van der Waals surface area contributed by atoms with Crippen LogP contribution in [0.25, 0.3) is 0 Å². The van der Waals surface area contributed by atoms with Gasteiger partial charge < -0.3 is 19.9 Å². The maximum atomic E-state index is 13.3. The highest BCUT2D eigenvalue weighted by molar-refractivity contribution is 5.96. The van der Waals surface area contributed by atoms with E-state index in [0.29, 0.717) is 11.6 Å². The summed E-state index contributed by atoms with van der Waals surface area (Å²) >= 11 is 0. The molecule has 29 heavy (non-hydrogen) atoms. The number of halogens is 1. The second-order valence-corrected chi connectivity index (χ2v) is 6.33. The van der Waals surface area contributed by atoms with Crippen LogP contribution >= 0.6 is 0 Å². The van der Waals surface area contributed by atoms with Crippen LogP contribution in [0.1, 0.15) is 27.8 Å². The number of nitrogens with zero attached hydrogens (tertiary/aromatic N) is 2. The minimum Gasteiger partial charge on any atom is -0.496 e. The smallest absolute Gasteiger partial charge is 0.251 e. The standard InChI is InChI=1S/C21H21FN4O3/c1-26-11-10-23-20(26)19(16-8-3-4-9-17(16)29-2)25-18(27)13-24-21(28)14-6-5-7-15(22)12-14/h3-12,19H,13H2,1-2H3,(H,24,28)(H,25,27). The number of carbonyl (C=O) groups excluding carboxylic acids is 2. The molecule has 0 spiro atoms. The van der Waals surface area contributed by atoms with Gasteiger partial charge in [0.25, 0.3) is 5.91 Å². The number of para-hydroxylation sites is 1. The molecule has 0 aliphatic rings. The molecule has 0 aliphatic carbocycles. The van der Waals surface area contributed by atoms with Crippen molar-refractivity contribution in [2.45, 2.75) is 6.04 Å². The van der Waals surface area contributed by atoms with E-state index in [4.69, 9.17) is 4.74 Å². The fourth-order valence-electron chi connectivity index (χ4n) is 2.95. The predicted molar refractivity (Wildman–Crippen MR) is 105 cm³/mol. The quantitative estimate of drug-likeness (QED) is 0.641. The van der Waals surface area contributed by atoms with Gasteiger partial charge in [-0.3, -0.25) is 9.59 Å². The van der Waals surface area contributed by atoms with Crippen molar-refractivity contribution in [2.24, 2.45) is 7.05 Å². The summed E-state index contributed by atoms with van der Waals surface area (Å²) in [5, 5.41) is 5.37. The first kappa shape index (κ1) is 20.1. The molecule has 1 heterocycles. The van der Waals surface area contributed by atoms with Crippen molar-refractivity contribution in [3.8, 4) is 5.75 Å². The zero-order chi connectivity index (χ0) is 20.8. The van der Waals surface area contributed by atoms with Crippen LogP contribution in [0.5, 0.6) is 5.75 Å². The van der Waals surface area contributed by atoms with Crippen LogP contribution in [-0.2, 0) is 11.8 Å². The van der Waals surface area contributed by atoms with E-state index in [1.54, 1.807) is 30.1 Å². The van der Waals surface area contributed by atoms with E-state index in [1.165, 1.54) is 18.2 Å². The number of carbonyl (C=O) groups is 2. The fraction of sp³-hybridized carbons (Fsp3) is 0.190. The van der Waals surface area contributed by atoms with Gasteiger partial charge in [0.15, 0.2) is 0 Å². The molecule has 0 bridgehead atoms. The molecule has 0 aliphatic heterocycles. The van der Waals surface area contributed by atoms with Gasteiger partial charge in [-0.15, -0.1) is 0 Å². The molecule has 0 saturated carbocycles. The number of aryl methyl sites for hydroxylation is 1. The van der Waals surface area contributed by atoms with E-state index >= 15 is 0 Å². The van der Waals surface area contributed by atoms with Crippen LogP contribution in [0.15, 0.2) is 60.9 Å². The first-order valence-corrected chi connectivity index (χ1v) is 8.93. The third kappa shape index (κ3) is 4.78. The van der Waals surface area contributed by atoms with Crippen molar-refractivity contribution in [3.05, 3.63) is 83.7 Å². The number of amides is 2. The topological polar surface area (TPSA) is 85.2 Å². The Morgan fingerprint density at radius 3 is 2.69 bits per heavy atom. The van der Waals surface area contributed by atoms with Gasteiger partial charge in [-0.1, -0.05) is 24.3 Å². The first-order chi connectivity index (χ1) is 14.0. The lowest BCUT2D eigenvalue weighted by Crippen LogP contribution is -2.39. The molecule has 0 radical (unpaired) electrons. The van der Waals surface area contributed by atoms with E-state index in [0.717, 1.165) is 11.6 Å². The predicted octanol–water partition coefficient (Wildman–Crippen LogP) is 2.20. The summed E-state index contributed by atoms with van der Waals surface area (Å²) in [6, 6.07) is 12.0. The number of rotatable bonds is 7. The monoisotopic (exact) mass is 396 g/mol. The SMILES string of the molecule is COc1ccccc1C(NC(=O)CNC(=O)c1cccc(F)c1)c1nccn1C. The molecule has 3 rings (SSSR count). The molecule has 1 unspecified atom stereocenters. The number of imidazole rings is 1. The number of hydrogen-bond donors (Lipinski definition) is 2. The highest BCUT2D eigenvalue weighted by atomic mass is 19.1. The van der Waals surface area contributed by atoms with Crippen molar-refractivity contribution in [2.75, 3.05) is 13.7 Å². The highest BCUT2D eigenvalue weighted by Gasteiger charge is 2.24. The van der Waals surface area contributed by atoms with Gasteiger partial charge in [-0.05, 0) is 24.3 Å². The summed E-state index contributed by atoms with van der Waals surface area (Å²) in [6.07, 6.45) is 3.41. The van der Waals surface area contributed by atoms with Gasteiger partial charge >= 0.3 is 0 Å². The third-order valence-electron chi connectivity index (χ3n) is 4.37. The molecule has 1 atom stereocenters. The molecule has 2 aromatic carbocycles. The molecule has 1 aromatic heterocycles. The molecular formula is C21H21FN4O3. The van der Waals surface area contributed by atoms with E-state index in [1.807, 2.05) is 25.2 Å². The largest absolute Gasteiger partial charge is 0.496 e. The van der Waals surface area contributed by atoms with Crippen molar-refractivity contribution in [1.82, 2.24) is 20.2 Å². The van der Waals surface area contributed by atoms with Crippen LogP contribution in [0.3, 0.4) is 0 Å². The zero-order valence-corrected chi connectivity index (χ0v) is 16.1. The molecule has 0 saturated heterocycles. The van der Waals surface area contributed by atoms with Crippen LogP contribution in [0, 0.1) is 5.82 Å². The number of hydrogen-bond acceptors (Lipinski definition) is 4. The molecular weight excluding hydrogens is 375 g/mol. The van der Waals surface area contributed by atoms with Crippen LogP contribution in [0.2, 0.25) is 0 Å². The van der Waals surface area contributed by atoms with Gasteiger partial charge in [0, 0.05) is 30.6 Å². The number of methoxy groups -OCH3 is 1.